The van der Waals surface area contributed by atoms with Crippen LogP contribution in [0.4, 0.5) is 4.39 Å². The number of rotatable bonds is 2. The van der Waals surface area contributed by atoms with Crippen molar-refractivity contribution in [3.05, 3.63) is 71.0 Å². The van der Waals surface area contributed by atoms with Crippen LogP contribution in [0, 0.1) is 5.82 Å². The largest absolute Gasteiger partial charge is 0.338 e. The van der Waals surface area contributed by atoms with E-state index in [0.29, 0.717) is 31.5 Å². The van der Waals surface area contributed by atoms with E-state index in [1.54, 1.807) is 23.9 Å². The van der Waals surface area contributed by atoms with Gasteiger partial charge in [-0.05, 0) is 41.5 Å². The summed E-state index contributed by atoms with van der Waals surface area (Å²) in [5.74, 6) is -0.402. The molecule has 0 aliphatic carbocycles. The summed E-state index contributed by atoms with van der Waals surface area (Å²) in [7, 11) is 0. The molecule has 2 aliphatic heterocycles. The quantitative estimate of drug-likeness (QED) is 0.638. The molecule has 2 aromatic carbocycles. The molecule has 31 heavy (non-hydrogen) atoms. The third kappa shape index (κ3) is 4.45. The average Bonchev–Trinajstić information content (AvgIpc) is 3.12. The summed E-state index contributed by atoms with van der Waals surface area (Å²) in [6, 6.07) is 14.3. The van der Waals surface area contributed by atoms with E-state index in [1.165, 1.54) is 17.7 Å². The molecule has 0 N–H and O–H groups in total. The van der Waals surface area contributed by atoms with Gasteiger partial charge in [-0.25, -0.2) is 9.38 Å². The highest BCUT2D eigenvalue weighted by atomic mass is 32.2. The minimum Gasteiger partial charge on any atom is -0.338 e. The molecule has 0 radical (unpaired) electrons. The molecule has 1 spiro atoms. The van der Waals surface area contributed by atoms with E-state index in [1.807, 2.05) is 11.2 Å². The Morgan fingerprint density at radius 3 is 2.16 bits per heavy atom. The molecular formula is C25H28FN3OS. The number of piperidine rings is 1. The summed E-state index contributed by atoms with van der Waals surface area (Å²) in [5.41, 5.74) is 3.46. The maximum absolute atomic E-state index is 13.2. The van der Waals surface area contributed by atoms with Crippen molar-refractivity contribution >= 4 is 28.4 Å². The zero-order valence-electron chi connectivity index (χ0n) is 18.5. The maximum atomic E-state index is 13.2. The van der Waals surface area contributed by atoms with Crippen molar-refractivity contribution in [2.24, 2.45) is 9.98 Å². The molecule has 2 aliphatic rings. The number of benzene rings is 2. The number of amides is 1. The molecule has 6 heteroatoms. The van der Waals surface area contributed by atoms with Crippen LogP contribution in [0.5, 0.6) is 0 Å². The van der Waals surface area contributed by atoms with Gasteiger partial charge in [-0.3, -0.25) is 9.79 Å². The van der Waals surface area contributed by atoms with Crippen LogP contribution in [0.2, 0.25) is 0 Å². The van der Waals surface area contributed by atoms with Gasteiger partial charge in [0.15, 0.2) is 5.66 Å². The topological polar surface area (TPSA) is 45.0 Å². The third-order valence-electron chi connectivity index (χ3n) is 5.99. The summed E-state index contributed by atoms with van der Waals surface area (Å²) >= 11 is 1.62. The lowest BCUT2D eigenvalue weighted by Crippen LogP contribution is -2.44. The second-order valence-corrected chi connectivity index (χ2v) is 9.99. The first-order valence-electron chi connectivity index (χ1n) is 10.6. The first-order chi connectivity index (χ1) is 14.7. The first kappa shape index (κ1) is 21.8. The molecule has 2 aromatic rings. The van der Waals surface area contributed by atoms with Gasteiger partial charge in [-0.15, -0.1) is 11.8 Å². The van der Waals surface area contributed by atoms with Crippen molar-refractivity contribution in [1.29, 1.82) is 0 Å². The van der Waals surface area contributed by atoms with Gasteiger partial charge in [0.1, 0.15) is 10.9 Å². The Bertz CT molecular complexity index is 1030. The van der Waals surface area contributed by atoms with Gasteiger partial charge < -0.3 is 4.90 Å². The highest BCUT2D eigenvalue weighted by molar-refractivity contribution is 8.15. The molecule has 2 heterocycles. The molecule has 162 valence electrons. The molecule has 1 saturated heterocycles. The Labute approximate surface area is 187 Å². The molecule has 1 fully saturated rings. The predicted molar refractivity (Wildman–Crippen MR) is 127 cm³/mol. The van der Waals surface area contributed by atoms with Crippen molar-refractivity contribution in [3.8, 4) is 0 Å². The number of nitrogens with zero attached hydrogens (tertiary/aromatic N) is 3. The highest BCUT2D eigenvalue weighted by Gasteiger charge is 2.40. The fourth-order valence-corrected chi connectivity index (χ4v) is 4.67. The normalized spacial score (nSPS) is 18.2. The van der Waals surface area contributed by atoms with Gasteiger partial charge in [-0.2, -0.15) is 0 Å². The standard InChI is InChI=1S/C25H28FN3OS/c1-24(2,3)19-9-5-17(6-10-19)21-22(31-4)28-25(27-21)13-15-29(16-14-25)23(30)18-7-11-20(26)12-8-18/h5-12H,13-16H2,1-4H3. The Hall–Kier alpha value is -2.47. The van der Waals surface area contributed by atoms with Crippen LogP contribution in [0.25, 0.3) is 0 Å². The second kappa shape index (κ2) is 8.23. The van der Waals surface area contributed by atoms with Crippen molar-refractivity contribution in [2.75, 3.05) is 19.3 Å². The molecule has 0 saturated carbocycles. The molecule has 0 unspecified atom stereocenters. The van der Waals surface area contributed by atoms with Crippen LogP contribution in [-0.2, 0) is 5.41 Å². The van der Waals surface area contributed by atoms with E-state index in [9.17, 15) is 9.18 Å². The minimum absolute atomic E-state index is 0.0658. The number of thioether (sulfide) groups is 1. The van der Waals surface area contributed by atoms with Gasteiger partial charge in [0.05, 0.1) is 5.71 Å². The number of carbonyl (C=O) groups excluding carboxylic acids is 1. The second-order valence-electron chi connectivity index (χ2n) is 9.19. The van der Waals surface area contributed by atoms with Crippen molar-refractivity contribution < 1.29 is 9.18 Å². The summed E-state index contributed by atoms with van der Waals surface area (Å²) < 4.78 is 13.2. The van der Waals surface area contributed by atoms with E-state index in [0.717, 1.165) is 16.3 Å². The van der Waals surface area contributed by atoms with Gasteiger partial charge in [-0.1, -0.05) is 45.0 Å². The van der Waals surface area contributed by atoms with Gasteiger partial charge >= 0.3 is 0 Å². The Kier molecular flexibility index (Phi) is 5.77. The molecule has 4 rings (SSSR count). The fourth-order valence-electron chi connectivity index (χ4n) is 4.05. The molecule has 4 nitrogen and oxygen atoms in total. The average molecular weight is 438 g/mol. The van der Waals surface area contributed by atoms with Crippen LogP contribution < -0.4 is 0 Å². The zero-order chi connectivity index (χ0) is 22.2. The summed E-state index contributed by atoms with van der Waals surface area (Å²) in [6.45, 7) is 7.79. The Balaban J connectivity index is 1.51. The van der Waals surface area contributed by atoms with E-state index >= 15 is 0 Å². The number of hydrogen-bond acceptors (Lipinski definition) is 4. The molecule has 1 amide bonds. The van der Waals surface area contributed by atoms with E-state index in [-0.39, 0.29) is 17.1 Å². The maximum Gasteiger partial charge on any atom is 0.253 e. The lowest BCUT2D eigenvalue weighted by Gasteiger charge is -2.35. The lowest BCUT2D eigenvalue weighted by molar-refractivity contribution is 0.0679. The molecule has 0 atom stereocenters. The monoisotopic (exact) mass is 437 g/mol. The van der Waals surface area contributed by atoms with E-state index in [2.05, 4.69) is 45.0 Å². The van der Waals surface area contributed by atoms with Gasteiger partial charge in [0, 0.05) is 37.1 Å². The summed E-state index contributed by atoms with van der Waals surface area (Å²) in [5, 5.41) is 0.960. The van der Waals surface area contributed by atoms with Crippen molar-refractivity contribution in [2.45, 2.75) is 44.7 Å². The van der Waals surface area contributed by atoms with Crippen LogP contribution in [0.15, 0.2) is 58.5 Å². The Morgan fingerprint density at radius 2 is 1.61 bits per heavy atom. The van der Waals surface area contributed by atoms with Crippen molar-refractivity contribution in [1.82, 2.24) is 4.90 Å². The van der Waals surface area contributed by atoms with E-state index < -0.39 is 5.66 Å². The first-order valence-corrected chi connectivity index (χ1v) is 11.8. The number of aliphatic imine (C=N–C) groups is 2. The van der Waals surface area contributed by atoms with Crippen LogP contribution >= 0.6 is 11.8 Å². The van der Waals surface area contributed by atoms with E-state index in [4.69, 9.17) is 9.98 Å². The highest BCUT2D eigenvalue weighted by Crippen LogP contribution is 2.36. The Morgan fingerprint density at radius 1 is 1.00 bits per heavy atom. The van der Waals surface area contributed by atoms with Crippen LogP contribution in [-0.4, -0.2) is 46.6 Å². The summed E-state index contributed by atoms with van der Waals surface area (Å²) in [4.78, 5) is 24.6. The SMILES string of the molecule is CSC1=NC2(CCN(C(=O)c3ccc(F)cc3)CC2)N=C1c1ccc(C(C)(C)C)cc1. The number of hydrogen-bond donors (Lipinski definition) is 0. The smallest absolute Gasteiger partial charge is 0.253 e. The van der Waals surface area contributed by atoms with Crippen molar-refractivity contribution in [3.63, 3.8) is 0 Å². The molecule has 0 bridgehead atoms. The van der Waals surface area contributed by atoms with Gasteiger partial charge in [0.2, 0.25) is 0 Å². The number of carbonyl (C=O) groups is 1. The third-order valence-corrected chi connectivity index (χ3v) is 6.66. The number of likely N-dealkylation sites (tertiary alicyclic amines) is 1. The van der Waals surface area contributed by atoms with Crippen LogP contribution in [0.1, 0.15) is 55.1 Å². The minimum atomic E-state index is -0.490. The zero-order valence-corrected chi connectivity index (χ0v) is 19.3. The molecular weight excluding hydrogens is 409 g/mol. The number of halogens is 1. The van der Waals surface area contributed by atoms with Gasteiger partial charge in [0.25, 0.3) is 5.91 Å². The predicted octanol–water partition coefficient (Wildman–Crippen LogP) is 5.32. The van der Waals surface area contributed by atoms with Crippen LogP contribution in [0.3, 0.4) is 0 Å². The molecule has 0 aromatic heterocycles. The fraction of sp³-hybridized carbons (Fsp3) is 0.400. The lowest BCUT2D eigenvalue weighted by atomic mass is 9.86. The summed E-state index contributed by atoms with van der Waals surface area (Å²) in [6.07, 6.45) is 3.41.